The Labute approximate surface area is 155 Å². The summed E-state index contributed by atoms with van der Waals surface area (Å²) in [4.78, 5) is 37.5. The zero-order chi connectivity index (χ0) is 20.1. The molecule has 148 valence electrons. The van der Waals surface area contributed by atoms with Gasteiger partial charge in [0.15, 0.2) is 0 Å². The first-order valence-corrected chi connectivity index (χ1v) is 8.55. The van der Waals surface area contributed by atoms with Gasteiger partial charge in [-0.3, -0.25) is 14.5 Å². The molecule has 1 fully saturated rings. The summed E-state index contributed by atoms with van der Waals surface area (Å²) < 4.78 is 42.8. The third kappa shape index (κ3) is 3.25. The number of aromatic nitrogens is 4. The molecule has 2 aliphatic rings. The maximum Gasteiger partial charge on any atom is 0.409 e. The topological polar surface area (TPSA) is 102 Å². The van der Waals surface area contributed by atoms with Gasteiger partial charge in [0.1, 0.15) is 12.6 Å². The Hall–Kier alpha value is -3.18. The molecule has 1 N–H and O–H groups in total. The fourth-order valence-corrected chi connectivity index (χ4v) is 3.13. The molecule has 0 saturated heterocycles. The van der Waals surface area contributed by atoms with Crippen molar-refractivity contribution in [2.45, 2.75) is 44.1 Å². The lowest BCUT2D eigenvalue weighted by Crippen LogP contribution is -2.51. The van der Waals surface area contributed by atoms with Crippen molar-refractivity contribution in [1.29, 1.82) is 0 Å². The molecule has 1 atom stereocenters. The van der Waals surface area contributed by atoms with Crippen molar-refractivity contribution in [3.8, 4) is 0 Å². The molecule has 1 saturated carbocycles. The van der Waals surface area contributed by atoms with Gasteiger partial charge in [-0.15, -0.1) is 0 Å². The Bertz CT molecular complexity index is 994. The number of rotatable bonds is 3. The Morgan fingerprint density at radius 3 is 2.57 bits per heavy atom. The standard InChI is InChI=1S/C16H15F3N6O3/c17-16(18,19)12-7-13(26)20-10-3-1-2-4-11(10)24(12)14(27)8-23-15(28)25(22-21-23)9-5-6-9/h1-4,9,12H,5-8H2,(H,20,26). The number of halogens is 3. The van der Waals surface area contributed by atoms with Crippen LogP contribution in [0.3, 0.4) is 0 Å². The molecular weight excluding hydrogens is 381 g/mol. The van der Waals surface area contributed by atoms with Crippen LogP contribution in [0.15, 0.2) is 29.1 Å². The molecule has 0 bridgehead atoms. The molecule has 1 aliphatic heterocycles. The number of hydrogen-bond donors (Lipinski definition) is 1. The van der Waals surface area contributed by atoms with E-state index in [0.29, 0.717) is 4.90 Å². The average molecular weight is 396 g/mol. The SMILES string of the molecule is O=C1CC(C(F)(F)F)N(C(=O)Cn2nnn(C3CC3)c2=O)c2ccccc2N1. The number of nitrogens with one attached hydrogen (secondary N) is 1. The van der Waals surface area contributed by atoms with E-state index >= 15 is 0 Å². The molecule has 28 heavy (non-hydrogen) atoms. The lowest BCUT2D eigenvalue weighted by molar-refractivity contribution is -0.158. The van der Waals surface area contributed by atoms with Crippen LogP contribution >= 0.6 is 0 Å². The summed E-state index contributed by atoms with van der Waals surface area (Å²) in [6.45, 7) is -0.722. The maximum absolute atomic E-state index is 13.7. The fraction of sp³-hybridized carbons (Fsp3) is 0.438. The molecule has 1 aliphatic carbocycles. The van der Waals surface area contributed by atoms with Gasteiger partial charge in [-0.1, -0.05) is 12.1 Å². The summed E-state index contributed by atoms with van der Waals surface area (Å²) in [5, 5.41) is 9.65. The number of carbonyl (C=O) groups excluding carboxylic acids is 2. The van der Waals surface area contributed by atoms with Crippen LogP contribution in [0.5, 0.6) is 0 Å². The predicted octanol–water partition coefficient (Wildman–Crippen LogP) is 1.08. The Balaban J connectivity index is 1.72. The molecule has 9 nitrogen and oxygen atoms in total. The van der Waals surface area contributed by atoms with Gasteiger partial charge in [0.05, 0.1) is 23.8 Å². The molecule has 1 aromatic carbocycles. The summed E-state index contributed by atoms with van der Waals surface area (Å²) in [5.74, 6) is -1.88. The highest BCUT2D eigenvalue weighted by atomic mass is 19.4. The minimum absolute atomic E-state index is 0.0833. The first-order valence-electron chi connectivity index (χ1n) is 8.55. The van der Waals surface area contributed by atoms with E-state index in [1.54, 1.807) is 0 Å². The number of nitrogens with zero attached hydrogens (tertiary/aromatic N) is 5. The normalized spacial score (nSPS) is 19.8. The van der Waals surface area contributed by atoms with Crippen molar-refractivity contribution >= 4 is 23.2 Å². The van der Waals surface area contributed by atoms with E-state index in [4.69, 9.17) is 0 Å². The second-order valence-electron chi connectivity index (χ2n) is 6.69. The van der Waals surface area contributed by atoms with Crippen LogP contribution in [-0.2, 0) is 16.1 Å². The lowest BCUT2D eigenvalue weighted by Gasteiger charge is -2.31. The molecule has 2 amide bonds. The fourth-order valence-electron chi connectivity index (χ4n) is 3.13. The lowest BCUT2D eigenvalue weighted by atomic mass is 10.1. The van der Waals surface area contributed by atoms with Gasteiger partial charge in [0.25, 0.3) is 0 Å². The molecule has 2 heterocycles. The average Bonchev–Trinajstić information content (AvgIpc) is 3.41. The number of benzene rings is 1. The van der Waals surface area contributed by atoms with Gasteiger partial charge >= 0.3 is 11.9 Å². The van der Waals surface area contributed by atoms with E-state index < -0.39 is 42.7 Å². The van der Waals surface area contributed by atoms with E-state index in [2.05, 4.69) is 15.7 Å². The van der Waals surface area contributed by atoms with E-state index in [9.17, 15) is 27.6 Å². The van der Waals surface area contributed by atoms with Crippen LogP contribution < -0.4 is 15.9 Å². The van der Waals surface area contributed by atoms with E-state index in [0.717, 1.165) is 22.2 Å². The number of amides is 2. The smallest absolute Gasteiger partial charge is 0.324 e. The second kappa shape index (κ2) is 6.46. The van der Waals surface area contributed by atoms with Gasteiger partial charge < -0.3 is 5.32 Å². The van der Waals surface area contributed by atoms with Crippen LogP contribution in [0.1, 0.15) is 25.3 Å². The molecule has 1 unspecified atom stereocenters. The number of tetrazole rings is 1. The molecular formula is C16H15F3N6O3. The van der Waals surface area contributed by atoms with Crippen molar-refractivity contribution in [3.63, 3.8) is 0 Å². The number of hydrogen-bond acceptors (Lipinski definition) is 5. The maximum atomic E-state index is 13.7. The van der Waals surface area contributed by atoms with Crippen molar-refractivity contribution in [2.75, 3.05) is 10.2 Å². The van der Waals surface area contributed by atoms with E-state index in [-0.39, 0.29) is 17.4 Å². The quantitative estimate of drug-likeness (QED) is 0.837. The largest absolute Gasteiger partial charge is 0.409 e. The summed E-state index contributed by atoms with van der Waals surface area (Å²) in [7, 11) is 0. The highest BCUT2D eigenvalue weighted by molar-refractivity contribution is 6.04. The van der Waals surface area contributed by atoms with Crippen LogP contribution in [0, 0.1) is 0 Å². The molecule has 4 rings (SSSR count). The van der Waals surface area contributed by atoms with Crippen LogP contribution in [-0.4, -0.2) is 43.8 Å². The second-order valence-corrected chi connectivity index (χ2v) is 6.69. The van der Waals surface area contributed by atoms with Gasteiger partial charge in [-0.05, 0) is 35.4 Å². The van der Waals surface area contributed by atoms with Gasteiger partial charge in [-0.25, -0.2) is 4.79 Å². The monoisotopic (exact) mass is 396 g/mol. The number of fused-ring (bicyclic) bond motifs is 1. The van der Waals surface area contributed by atoms with Gasteiger partial charge in [0, 0.05) is 0 Å². The predicted molar refractivity (Wildman–Crippen MR) is 89.6 cm³/mol. The zero-order valence-electron chi connectivity index (χ0n) is 14.4. The number of carbonyl (C=O) groups is 2. The Kier molecular flexibility index (Phi) is 4.20. The summed E-state index contributed by atoms with van der Waals surface area (Å²) >= 11 is 0. The molecule has 12 heteroatoms. The first kappa shape index (κ1) is 18.2. The molecule has 1 aromatic heterocycles. The zero-order valence-corrected chi connectivity index (χ0v) is 14.4. The summed E-state index contributed by atoms with van der Waals surface area (Å²) in [6, 6.07) is 3.25. The van der Waals surface area contributed by atoms with Crippen LogP contribution in [0.4, 0.5) is 24.5 Å². The summed E-state index contributed by atoms with van der Waals surface area (Å²) in [6.07, 6.45) is -4.28. The Morgan fingerprint density at radius 1 is 1.18 bits per heavy atom. The van der Waals surface area contributed by atoms with E-state index in [1.165, 1.54) is 24.3 Å². The van der Waals surface area contributed by atoms with Crippen LogP contribution in [0.25, 0.3) is 0 Å². The van der Waals surface area contributed by atoms with Crippen molar-refractivity contribution in [1.82, 2.24) is 19.8 Å². The minimum Gasteiger partial charge on any atom is -0.324 e. The highest BCUT2D eigenvalue weighted by Gasteiger charge is 2.49. The number of para-hydroxylation sites is 2. The van der Waals surface area contributed by atoms with Crippen molar-refractivity contribution in [3.05, 3.63) is 34.7 Å². The first-order chi connectivity index (χ1) is 13.3. The molecule has 0 radical (unpaired) electrons. The van der Waals surface area contributed by atoms with Gasteiger partial charge in [0.2, 0.25) is 11.8 Å². The molecule has 2 aromatic rings. The Morgan fingerprint density at radius 2 is 1.89 bits per heavy atom. The minimum atomic E-state index is -4.85. The number of alkyl halides is 3. The molecule has 0 spiro atoms. The van der Waals surface area contributed by atoms with Gasteiger partial charge in [-0.2, -0.15) is 22.5 Å². The third-order valence-electron chi connectivity index (χ3n) is 4.61. The highest BCUT2D eigenvalue weighted by Crippen LogP contribution is 2.37. The van der Waals surface area contributed by atoms with Crippen molar-refractivity contribution in [2.24, 2.45) is 0 Å². The van der Waals surface area contributed by atoms with Crippen LogP contribution in [0.2, 0.25) is 0 Å². The van der Waals surface area contributed by atoms with E-state index in [1.807, 2.05) is 0 Å². The summed E-state index contributed by atoms with van der Waals surface area (Å²) in [5.41, 5.74) is -0.665. The van der Waals surface area contributed by atoms with Crippen molar-refractivity contribution < 1.29 is 22.8 Å². The number of anilines is 2. The third-order valence-corrected chi connectivity index (χ3v) is 4.61.